The Morgan fingerprint density at radius 3 is 2.77 bits per heavy atom. The van der Waals surface area contributed by atoms with Crippen molar-refractivity contribution in [3.8, 4) is 0 Å². The lowest BCUT2D eigenvalue weighted by Crippen LogP contribution is -2.49. The Labute approximate surface area is 157 Å². The number of nitrogens with one attached hydrogen (secondary N) is 1. The van der Waals surface area contributed by atoms with Crippen molar-refractivity contribution in [2.24, 2.45) is 0 Å². The number of hydrogen-bond donors (Lipinski definition) is 2. The molecular formula is C18H19BrFN3O3. The average molecular weight is 424 g/mol. The number of anilines is 1. The predicted octanol–water partition coefficient (Wildman–Crippen LogP) is 2.57. The second-order valence-electron chi connectivity index (χ2n) is 7.06. The van der Waals surface area contributed by atoms with Crippen molar-refractivity contribution in [2.75, 3.05) is 24.5 Å². The number of nitrogens with zero attached hydrogens (tertiary/aromatic N) is 2. The smallest absolute Gasteiger partial charge is 0.341 e. The fraction of sp³-hybridized carbons (Fsp3) is 0.444. The van der Waals surface area contributed by atoms with E-state index in [1.807, 2.05) is 11.8 Å². The lowest BCUT2D eigenvalue weighted by atomic mass is 10.1. The molecule has 138 valence electrons. The number of pyridine rings is 2. The molecule has 2 aromatic heterocycles. The highest BCUT2D eigenvalue weighted by atomic mass is 79.9. The number of rotatable bonds is 3. The number of halogens is 2. The van der Waals surface area contributed by atoms with Gasteiger partial charge in [0.1, 0.15) is 5.56 Å². The lowest BCUT2D eigenvalue weighted by molar-refractivity contribution is 0.0694. The van der Waals surface area contributed by atoms with E-state index in [0.29, 0.717) is 28.8 Å². The predicted molar refractivity (Wildman–Crippen MR) is 99.9 cm³/mol. The summed E-state index contributed by atoms with van der Waals surface area (Å²) in [7, 11) is 0. The summed E-state index contributed by atoms with van der Waals surface area (Å²) in [6.45, 7) is 4.10. The molecule has 0 amide bonds. The van der Waals surface area contributed by atoms with Crippen LogP contribution in [0.1, 0.15) is 41.6 Å². The highest BCUT2D eigenvalue weighted by molar-refractivity contribution is 9.10. The summed E-state index contributed by atoms with van der Waals surface area (Å²) >= 11 is 3.52. The third kappa shape index (κ3) is 2.81. The number of aromatic carboxylic acids is 1. The summed E-state index contributed by atoms with van der Waals surface area (Å²) in [5.41, 5.74) is 0.766. The summed E-state index contributed by atoms with van der Waals surface area (Å²) < 4.78 is 16.6. The summed E-state index contributed by atoms with van der Waals surface area (Å²) in [5, 5.41) is 12.7. The van der Waals surface area contributed by atoms with Gasteiger partial charge in [-0.3, -0.25) is 9.20 Å². The van der Waals surface area contributed by atoms with Crippen molar-refractivity contribution in [1.82, 2.24) is 9.72 Å². The third-order valence-corrected chi connectivity index (χ3v) is 5.83. The zero-order chi connectivity index (χ0) is 18.6. The van der Waals surface area contributed by atoms with Gasteiger partial charge in [-0.05, 0) is 53.2 Å². The maximum absolute atomic E-state index is 15.0. The van der Waals surface area contributed by atoms with Crippen LogP contribution in [0.15, 0.2) is 21.5 Å². The molecule has 0 bridgehead atoms. The van der Waals surface area contributed by atoms with Gasteiger partial charge in [-0.15, -0.1) is 0 Å². The van der Waals surface area contributed by atoms with E-state index < -0.39 is 17.3 Å². The molecule has 1 aliphatic carbocycles. The molecule has 1 saturated heterocycles. The molecule has 2 fully saturated rings. The van der Waals surface area contributed by atoms with Crippen molar-refractivity contribution >= 4 is 33.1 Å². The van der Waals surface area contributed by atoms with Gasteiger partial charge < -0.3 is 15.3 Å². The first kappa shape index (κ1) is 17.5. The Balaban J connectivity index is 2.00. The Morgan fingerprint density at radius 1 is 1.42 bits per heavy atom. The van der Waals surface area contributed by atoms with Gasteiger partial charge in [-0.25, -0.2) is 9.18 Å². The van der Waals surface area contributed by atoms with Crippen molar-refractivity contribution in [1.29, 1.82) is 0 Å². The molecule has 26 heavy (non-hydrogen) atoms. The van der Waals surface area contributed by atoms with Crippen molar-refractivity contribution in [3.05, 3.63) is 44.0 Å². The number of carbonyl (C=O) groups is 1. The van der Waals surface area contributed by atoms with Gasteiger partial charge in [-0.2, -0.15) is 0 Å². The number of piperazine rings is 1. The Hall–Kier alpha value is -1.93. The number of aromatic nitrogens is 1. The third-order valence-electron chi connectivity index (χ3n) is 5.08. The van der Waals surface area contributed by atoms with Crippen LogP contribution in [-0.4, -0.2) is 41.2 Å². The molecule has 4 rings (SSSR count). The van der Waals surface area contributed by atoms with E-state index in [-0.39, 0.29) is 17.5 Å². The van der Waals surface area contributed by atoms with Crippen LogP contribution in [0, 0.1) is 5.82 Å². The van der Waals surface area contributed by atoms with E-state index in [4.69, 9.17) is 0 Å². The monoisotopic (exact) mass is 423 g/mol. The number of hydrogen-bond acceptors (Lipinski definition) is 4. The fourth-order valence-corrected chi connectivity index (χ4v) is 4.55. The topological polar surface area (TPSA) is 74.0 Å². The van der Waals surface area contributed by atoms with Crippen molar-refractivity contribution in [2.45, 2.75) is 31.7 Å². The molecule has 2 aliphatic rings. The number of fused-ring (bicyclic) bond motifs is 1. The minimum absolute atomic E-state index is 0.209. The zero-order valence-corrected chi connectivity index (χ0v) is 15.8. The van der Waals surface area contributed by atoms with E-state index in [1.54, 1.807) is 0 Å². The second-order valence-corrected chi connectivity index (χ2v) is 7.85. The fourth-order valence-electron chi connectivity index (χ4n) is 3.69. The van der Waals surface area contributed by atoms with Gasteiger partial charge in [0, 0.05) is 25.7 Å². The van der Waals surface area contributed by atoms with Crippen LogP contribution >= 0.6 is 15.9 Å². The van der Waals surface area contributed by atoms with Crippen LogP contribution in [0.2, 0.25) is 0 Å². The van der Waals surface area contributed by atoms with Crippen molar-refractivity contribution in [3.63, 3.8) is 0 Å². The molecule has 0 radical (unpaired) electrons. The first-order valence-electron chi connectivity index (χ1n) is 8.67. The van der Waals surface area contributed by atoms with Gasteiger partial charge in [0.2, 0.25) is 0 Å². The highest BCUT2D eigenvalue weighted by Gasteiger charge is 2.31. The average Bonchev–Trinajstić information content (AvgIpc) is 3.40. The zero-order valence-electron chi connectivity index (χ0n) is 14.3. The minimum atomic E-state index is -1.29. The van der Waals surface area contributed by atoms with Gasteiger partial charge in [0.15, 0.2) is 5.82 Å². The lowest BCUT2D eigenvalue weighted by Gasteiger charge is -2.34. The van der Waals surface area contributed by atoms with Crippen LogP contribution < -0.4 is 15.8 Å². The molecule has 1 saturated carbocycles. The van der Waals surface area contributed by atoms with Gasteiger partial charge in [0.05, 0.1) is 21.9 Å². The van der Waals surface area contributed by atoms with E-state index in [0.717, 1.165) is 35.5 Å². The van der Waals surface area contributed by atoms with Crippen LogP contribution in [-0.2, 0) is 0 Å². The van der Waals surface area contributed by atoms with Crippen LogP contribution in [0.25, 0.3) is 5.52 Å². The Bertz CT molecular complexity index is 971. The molecule has 8 heteroatoms. The van der Waals surface area contributed by atoms with E-state index in [1.165, 1.54) is 6.07 Å². The largest absolute Gasteiger partial charge is 0.477 e. The standard InChI is InChI=1S/C18H19BrFN3O3/c1-9-7-22(5-4-21-9)16-13(20)8-23-15(14(16)19)11(10-2-3-10)6-12(17(23)24)18(25)26/h6,8-10,21H,2-5,7H2,1H3,(H,25,26). The quantitative estimate of drug-likeness (QED) is 0.793. The summed E-state index contributed by atoms with van der Waals surface area (Å²) in [6, 6.07) is 1.69. The number of carboxylic acids is 1. The first-order valence-corrected chi connectivity index (χ1v) is 9.46. The van der Waals surface area contributed by atoms with Crippen LogP contribution in [0.3, 0.4) is 0 Å². The summed E-state index contributed by atoms with van der Waals surface area (Å²) in [4.78, 5) is 26.0. The molecule has 1 unspecified atom stereocenters. The van der Waals surface area contributed by atoms with E-state index in [9.17, 15) is 19.1 Å². The normalized spacial score (nSPS) is 20.6. The number of carboxylic acid groups (broad SMARTS) is 1. The molecular weight excluding hydrogens is 405 g/mol. The van der Waals surface area contributed by atoms with Gasteiger partial charge >= 0.3 is 5.97 Å². The van der Waals surface area contributed by atoms with Crippen LogP contribution in [0.5, 0.6) is 0 Å². The Morgan fingerprint density at radius 2 is 2.15 bits per heavy atom. The minimum Gasteiger partial charge on any atom is -0.477 e. The van der Waals surface area contributed by atoms with E-state index >= 15 is 0 Å². The molecule has 1 aliphatic heterocycles. The molecule has 6 nitrogen and oxygen atoms in total. The molecule has 3 heterocycles. The van der Waals surface area contributed by atoms with Crippen LogP contribution in [0.4, 0.5) is 10.1 Å². The molecule has 1 atom stereocenters. The van der Waals surface area contributed by atoms with Gasteiger partial charge in [0.25, 0.3) is 5.56 Å². The maximum Gasteiger partial charge on any atom is 0.341 e. The Kier molecular flexibility index (Phi) is 4.27. The van der Waals surface area contributed by atoms with Gasteiger partial charge in [-0.1, -0.05) is 0 Å². The summed E-state index contributed by atoms with van der Waals surface area (Å²) in [5.74, 6) is -1.62. The second kappa shape index (κ2) is 6.35. The maximum atomic E-state index is 15.0. The summed E-state index contributed by atoms with van der Waals surface area (Å²) in [6.07, 6.45) is 3.01. The molecule has 0 spiro atoms. The van der Waals surface area contributed by atoms with Crippen molar-refractivity contribution < 1.29 is 14.3 Å². The SMILES string of the molecule is CC1CN(c2c(F)cn3c(=O)c(C(=O)O)cc(C4CC4)c3c2Br)CCN1. The molecule has 2 aromatic rings. The molecule has 0 aromatic carbocycles. The molecule has 2 N–H and O–H groups in total. The van der Waals surface area contributed by atoms with E-state index in [2.05, 4.69) is 21.2 Å². The first-order chi connectivity index (χ1) is 12.4. The highest BCUT2D eigenvalue weighted by Crippen LogP contribution is 2.45.